The van der Waals surface area contributed by atoms with E-state index in [1.165, 1.54) is 122 Å². The van der Waals surface area contributed by atoms with Gasteiger partial charge < -0.3 is 0 Å². The molecule has 7 rings (SSSR count). The lowest BCUT2D eigenvalue weighted by Gasteiger charge is -2.19. The zero-order chi connectivity index (χ0) is 47.6. The van der Waals surface area contributed by atoms with Gasteiger partial charge in [0, 0.05) is 0 Å². The van der Waals surface area contributed by atoms with Crippen LogP contribution in [-0.4, -0.2) is 51.7 Å². The molecule has 0 amide bonds. The minimum Gasteiger partial charge on any atom is -0.246 e. The van der Waals surface area contributed by atoms with Crippen molar-refractivity contribution in [3.63, 3.8) is 0 Å². The summed E-state index contributed by atoms with van der Waals surface area (Å²) in [5.74, 6) is 0. The van der Waals surface area contributed by atoms with Crippen molar-refractivity contribution < 1.29 is 19.2 Å². The summed E-state index contributed by atoms with van der Waals surface area (Å²) in [5, 5.41) is 0. The summed E-state index contributed by atoms with van der Waals surface area (Å²) < 4.78 is 3.78. The summed E-state index contributed by atoms with van der Waals surface area (Å²) in [5.41, 5.74) is -6.13. The predicted molar refractivity (Wildman–Crippen MR) is 239 cm³/mol. The quantitative estimate of drug-likeness (QED) is 0.132. The van der Waals surface area contributed by atoms with Crippen molar-refractivity contribution in [1.82, 2.24) is 27.4 Å². The van der Waals surface area contributed by atoms with Gasteiger partial charge in [-0.15, -0.1) is 0 Å². The Hall–Kier alpha value is -9.56. The van der Waals surface area contributed by atoms with Gasteiger partial charge in [0.1, 0.15) is 0 Å². The minimum absolute atomic E-state index is 0.0491. The molecule has 0 fully saturated rings. The van der Waals surface area contributed by atoms with Crippen molar-refractivity contribution in [3.05, 3.63) is 182 Å². The monoisotopic (exact) mass is 884 g/mol. The van der Waals surface area contributed by atoms with Crippen LogP contribution in [-0.2, 0) is 25.6 Å². The third-order valence-electron chi connectivity index (χ3n) is 10.8. The second kappa shape index (κ2) is 18.0. The van der Waals surface area contributed by atoms with Gasteiger partial charge in [0.15, 0.2) is 0 Å². The normalized spacial score (nSPS) is 10.6. The number of hydrogen-bond donors (Lipinski definition) is 0. The largest absolute Gasteiger partial charge is 0.345 e. The number of rotatable bonds is 11. The van der Waals surface area contributed by atoms with E-state index in [2.05, 4.69) is 20.0 Å². The molecule has 0 aliphatic carbocycles. The van der Waals surface area contributed by atoms with E-state index in [9.17, 15) is 47.9 Å². The Kier molecular flexibility index (Phi) is 12.2. The van der Waals surface area contributed by atoms with Crippen LogP contribution in [0.1, 0.15) is 34.7 Å². The summed E-state index contributed by atoms with van der Waals surface area (Å²) in [6.45, 7) is 8.02. The van der Waals surface area contributed by atoms with E-state index < -0.39 is 34.1 Å². The van der Waals surface area contributed by atoms with Crippen LogP contribution in [0.2, 0.25) is 0 Å². The second-order valence-corrected chi connectivity index (χ2v) is 14.5. The lowest BCUT2D eigenvalue weighted by atomic mass is 10.1. The number of carbonyl (C=O) groups excluding carboxylic acids is 4. The molecular formula is C46H32N10O10. The number of isocyanates is 4. The van der Waals surface area contributed by atoms with Gasteiger partial charge in [-0.1, -0.05) is 37.3 Å². The summed E-state index contributed by atoms with van der Waals surface area (Å²) in [6.07, 6.45) is 6.14. The van der Waals surface area contributed by atoms with E-state index >= 15 is 0 Å². The predicted octanol–water partition coefficient (Wildman–Crippen LogP) is 4.26. The van der Waals surface area contributed by atoms with Crippen LogP contribution < -0.4 is 34.1 Å². The molecule has 326 valence electrons. The minimum atomic E-state index is -1.23. The van der Waals surface area contributed by atoms with Crippen molar-refractivity contribution in [3.8, 4) is 34.1 Å². The average molecular weight is 885 g/mol. The molecule has 0 radical (unpaired) electrons. The maximum atomic E-state index is 14.8. The van der Waals surface area contributed by atoms with E-state index in [1.54, 1.807) is 27.7 Å². The molecular weight excluding hydrogens is 853 g/mol. The number of aryl methyl sites for hydroxylation is 4. The molecule has 2 aromatic heterocycles. The fourth-order valence-electron chi connectivity index (χ4n) is 7.35. The van der Waals surface area contributed by atoms with Gasteiger partial charge in [0.05, 0.1) is 56.9 Å². The first-order valence-electron chi connectivity index (χ1n) is 19.6. The molecule has 0 bridgehead atoms. The third-order valence-corrected chi connectivity index (χ3v) is 10.8. The molecule has 0 saturated heterocycles. The van der Waals surface area contributed by atoms with Crippen molar-refractivity contribution in [2.75, 3.05) is 0 Å². The molecule has 2 heterocycles. The van der Waals surface area contributed by atoms with Crippen LogP contribution >= 0.6 is 0 Å². The second-order valence-electron chi connectivity index (χ2n) is 14.5. The Morgan fingerprint density at radius 2 is 0.682 bits per heavy atom. The first kappa shape index (κ1) is 44.5. The highest BCUT2D eigenvalue weighted by molar-refractivity contribution is 5.62. The van der Waals surface area contributed by atoms with Crippen molar-refractivity contribution in [2.45, 2.75) is 41.0 Å². The SMILES string of the molecule is CCc1ccc(-n2c(=O)n(-c3ccc(C)c(N=C=O)c3)c(=O)n(-c3cccc(-n4c(=O)n(-c5ccc(C)c(N=C=O)c5)c(=O)n(-c5ccc(C)c(N=C=O)c5)c4=O)c3C)c2=O)cc1N=C=O. The lowest BCUT2D eigenvalue weighted by molar-refractivity contribution is 0.564. The summed E-state index contributed by atoms with van der Waals surface area (Å²) >= 11 is 0. The number of hydrogen-bond acceptors (Lipinski definition) is 14. The molecule has 20 nitrogen and oxygen atoms in total. The average Bonchev–Trinajstić information content (AvgIpc) is 3.28. The van der Waals surface area contributed by atoms with Crippen LogP contribution in [0.3, 0.4) is 0 Å². The smallest absolute Gasteiger partial charge is 0.246 e. The van der Waals surface area contributed by atoms with Crippen molar-refractivity contribution in [1.29, 1.82) is 0 Å². The van der Waals surface area contributed by atoms with E-state index in [1.807, 2.05) is 0 Å². The van der Waals surface area contributed by atoms with Crippen LogP contribution in [0.15, 0.2) is 140 Å². The zero-order valence-corrected chi connectivity index (χ0v) is 35.4. The molecule has 0 spiro atoms. The van der Waals surface area contributed by atoms with Gasteiger partial charge in [0.2, 0.25) is 24.3 Å². The van der Waals surface area contributed by atoms with Crippen molar-refractivity contribution in [2.24, 2.45) is 20.0 Å². The van der Waals surface area contributed by atoms with Gasteiger partial charge in [-0.25, -0.2) is 75.3 Å². The fraction of sp³-hybridized carbons (Fsp3) is 0.130. The summed E-state index contributed by atoms with van der Waals surface area (Å²) in [7, 11) is 0. The number of aliphatic imine (C=N–C) groups is 4. The summed E-state index contributed by atoms with van der Waals surface area (Å²) in [6, 6.07) is 20.5. The van der Waals surface area contributed by atoms with Gasteiger partial charge in [-0.05, 0) is 123 Å². The highest BCUT2D eigenvalue weighted by atomic mass is 16.2. The molecule has 7 aromatic rings. The van der Waals surface area contributed by atoms with E-state index in [4.69, 9.17) is 0 Å². The highest BCUT2D eigenvalue weighted by Gasteiger charge is 2.26. The topological polar surface area (TPSA) is 250 Å². The maximum absolute atomic E-state index is 14.8. The molecule has 0 aliphatic rings. The van der Waals surface area contributed by atoms with E-state index in [-0.39, 0.29) is 62.4 Å². The number of benzene rings is 5. The Morgan fingerprint density at radius 1 is 0.394 bits per heavy atom. The number of nitrogens with zero attached hydrogens (tertiary/aromatic N) is 10. The first-order valence-corrected chi connectivity index (χ1v) is 19.6. The molecule has 0 saturated carbocycles. The van der Waals surface area contributed by atoms with E-state index in [0.29, 0.717) is 56.1 Å². The Bertz CT molecular complexity index is 3700. The molecule has 0 aliphatic heterocycles. The molecule has 0 unspecified atom stereocenters. The Balaban J connectivity index is 1.62. The third kappa shape index (κ3) is 7.66. The Labute approximate surface area is 369 Å². The first-order chi connectivity index (χ1) is 31.7. The molecule has 0 N–H and O–H groups in total. The molecule has 0 atom stereocenters. The molecule has 66 heavy (non-hydrogen) atoms. The molecule has 20 heteroatoms. The summed E-state index contributed by atoms with van der Waals surface area (Å²) in [4.78, 5) is 148. The zero-order valence-electron chi connectivity index (χ0n) is 35.4. The van der Waals surface area contributed by atoms with Gasteiger partial charge in [-0.2, -0.15) is 20.0 Å². The maximum Gasteiger partial charge on any atom is 0.345 e. The van der Waals surface area contributed by atoms with Gasteiger partial charge >= 0.3 is 34.1 Å². The van der Waals surface area contributed by atoms with Gasteiger partial charge in [-0.3, -0.25) is 0 Å². The number of aromatic nitrogens is 6. The van der Waals surface area contributed by atoms with Crippen LogP contribution in [0.5, 0.6) is 0 Å². The van der Waals surface area contributed by atoms with Crippen molar-refractivity contribution >= 4 is 47.1 Å². The standard InChI is InChI=1S/C46H32N10O10/c1-6-30-13-17-34(21-38(30)50-25-60)54-42(62)53(33-16-12-28(4)37(20-33)49-24-59)45(65)56(46(54)66)40-9-7-8-39(29(40)5)55-43(63)51(31-14-10-26(2)35(18-31)47-22-57)41(61)52(44(55)64)32-15-11-27(3)36(19-32)48-23-58/h7-21H,6H2,1-5H3. The van der Waals surface area contributed by atoms with Crippen LogP contribution in [0, 0.1) is 27.7 Å². The fourth-order valence-corrected chi connectivity index (χ4v) is 7.35. The lowest BCUT2D eigenvalue weighted by Crippen LogP contribution is -2.53. The van der Waals surface area contributed by atoms with E-state index in [0.717, 1.165) is 0 Å². The van der Waals surface area contributed by atoms with Gasteiger partial charge in [0.25, 0.3) is 0 Å². The van der Waals surface area contributed by atoms with Crippen LogP contribution in [0.25, 0.3) is 34.1 Å². The van der Waals surface area contributed by atoms with Crippen LogP contribution in [0.4, 0.5) is 22.7 Å². The highest BCUT2D eigenvalue weighted by Crippen LogP contribution is 2.26. The molecule has 5 aromatic carbocycles. The Morgan fingerprint density at radius 3 is 1.00 bits per heavy atom.